The first-order chi connectivity index (χ1) is 6.79. The first-order valence-corrected chi connectivity index (χ1v) is 5.64. The summed E-state index contributed by atoms with van der Waals surface area (Å²) in [5.41, 5.74) is 1.17. The maximum absolute atomic E-state index is 11.2. The largest absolute Gasteiger partial charge is 0.338 e. The van der Waals surface area contributed by atoms with E-state index in [0.717, 1.165) is 18.0 Å². The van der Waals surface area contributed by atoms with Crippen LogP contribution in [0.25, 0.3) is 0 Å². The molecule has 0 spiro atoms. The van der Waals surface area contributed by atoms with E-state index in [1.54, 1.807) is 11.3 Å². The minimum atomic E-state index is -0.167. The van der Waals surface area contributed by atoms with Gasteiger partial charge < -0.3 is 5.32 Å². The van der Waals surface area contributed by atoms with Crippen LogP contribution in [0.3, 0.4) is 0 Å². The van der Waals surface area contributed by atoms with E-state index >= 15 is 0 Å². The molecule has 4 nitrogen and oxygen atoms in total. The van der Waals surface area contributed by atoms with Crippen molar-refractivity contribution >= 4 is 22.5 Å². The predicted octanol–water partition coefficient (Wildman–Crippen LogP) is 1.77. The van der Waals surface area contributed by atoms with Crippen LogP contribution in [0.5, 0.6) is 0 Å². The third kappa shape index (κ3) is 1.87. The van der Waals surface area contributed by atoms with Crippen LogP contribution in [0.2, 0.25) is 0 Å². The molecule has 0 aromatic carbocycles. The molecule has 2 amide bonds. The molecule has 1 aromatic heterocycles. The number of urea groups is 1. The predicted molar refractivity (Wildman–Crippen MR) is 56.8 cm³/mol. The van der Waals surface area contributed by atoms with Crippen LogP contribution in [0.1, 0.15) is 23.9 Å². The van der Waals surface area contributed by atoms with Gasteiger partial charge in [-0.05, 0) is 26.2 Å². The molecule has 5 heteroatoms. The zero-order valence-corrected chi connectivity index (χ0v) is 8.91. The molecule has 0 atom stereocenters. The third-order valence-corrected chi connectivity index (χ3v) is 3.23. The Morgan fingerprint density at radius 1 is 1.57 bits per heavy atom. The number of hydrogen-bond donors (Lipinski definition) is 2. The number of aryl methyl sites for hydroxylation is 2. The van der Waals surface area contributed by atoms with Crippen LogP contribution < -0.4 is 10.6 Å². The molecule has 14 heavy (non-hydrogen) atoms. The van der Waals surface area contributed by atoms with Gasteiger partial charge in [0.05, 0.1) is 5.69 Å². The molecular formula is C9H13N3OS. The number of rotatable bonds is 2. The standard InChI is InChI=1S/C9H13N3OS/c1-2-10-8(13)12-9-11-6-4-3-5-7(6)14-9/h2-5H2,1H3,(H2,10,11,12,13). The molecular weight excluding hydrogens is 198 g/mol. The van der Waals surface area contributed by atoms with E-state index < -0.39 is 0 Å². The van der Waals surface area contributed by atoms with Gasteiger partial charge in [-0.3, -0.25) is 5.32 Å². The third-order valence-electron chi connectivity index (χ3n) is 2.15. The number of aromatic nitrogens is 1. The highest BCUT2D eigenvalue weighted by Crippen LogP contribution is 2.30. The molecule has 2 N–H and O–H groups in total. The lowest BCUT2D eigenvalue weighted by Crippen LogP contribution is -2.28. The van der Waals surface area contributed by atoms with Gasteiger partial charge in [-0.15, -0.1) is 11.3 Å². The van der Waals surface area contributed by atoms with E-state index in [1.165, 1.54) is 17.0 Å². The maximum Gasteiger partial charge on any atom is 0.321 e. The van der Waals surface area contributed by atoms with Crippen molar-refractivity contribution in [1.82, 2.24) is 10.3 Å². The van der Waals surface area contributed by atoms with Gasteiger partial charge in [0.2, 0.25) is 0 Å². The summed E-state index contributed by atoms with van der Waals surface area (Å²) < 4.78 is 0. The molecule has 0 fully saturated rings. The summed E-state index contributed by atoms with van der Waals surface area (Å²) in [6.07, 6.45) is 3.38. The molecule has 1 aliphatic rings. The van der Waals surface area contributed by atoms with E-state index in [1.807, 2.05) is 6.92 Å². The van der Waals surface area contributed by atoms with Crippen LogP contribution in [0.4, 0.5) is 9.93 Å². The molecule has 1 aliphatic carbocycles. The molecule has 0 radical (unpaired) electrons. The molecule has 1 aromatic rings. The Hall–Kier alpha value is -1.10. The van der Waals surface area contributed by atoms with Crippen molar-refractivity contribution in [3.05, 3.63) is 10.6 Å². The van der Waals surface area contributed by atoms with Gasteiger partial charge in [0.15, 0.2) is 5.13 Å². The normalized spacial score (nSPS) is 13.8. The summed E-state index contributed by atoms with van der Waals surface area (Å²) in [6.45, 7) is 2.53. The van der Waals surface area contributed by atoms with Crippen molar-refractivity contribution in [3.63, 3.8) is 0 Å². The van der Waals surface area contributed by atoms with Gasteiger partial charge in [0.1, 0.15) is 0 Å². The Bertz CT molecular complexity index is 326. The molecule has 0 aliphatic heterocycles. The quantitative estimate of drug-likeness (QED) is 0.783. The highest BCUT2D eigenvalue weighted by atomic mass is 32.1. The van der Waals surface area contributed by atoms with Crippen molar-refractivity contribution < 1.29 is 4.79 Å². The van der Waals surface area contributed by atoms with Gasteiger partial charge in [0.25, 0.3) is 0 Å². The summed E-state index contributed by atoms with van der Waals surface area (Å²) in [7, 11) is 0. The summed E-state index contributed by atoms with van der Waals surface area (Å²) in [4.78, 5) is 16.9. The Labute approximate surface area is 86.7 Å². The van der Waals surface area contributed by atoms with Crippen LogP contribution in [-0.2, 0) is 12.8 Å². The Kier molecular flexibility index (Phi) is 2.67. The van der Waals surface area contributed by atoms with Crippen LogP contribution in [0, 0.1) is 0 Å². The summed E-state index contributed by atoms with van der Waals surface area (Å²) in [6, 6.07) is -0.167. The lowest BCUT2D eigenvalue weighted by Gasteiger charge is -2.01. The molecule has 0 saturated heterocycles. The van der Waals surface area contributed by atoms with Crippen molar-refractivity contribution in [2.75, 3.05) is 11.9 Å². The van der Waals surface area contributed by atoms with Crippen LogP contribution in [0.15, 0.2) is 0 Å². The summed E-state index contributed by atoms with van der Waals surface area (Å²) in [5.74, 6) is 0. The number of fused-ring (bicyclic) bond motifs is 1. The topological polar surface area (TPSA) is 54.0 Å². The highest BCUT2D eigenvalue weighted by Gasteiger charge is 2.17. The first kappa shape index (κ1) is 9.45. The van der Waals surface area contributed by atoms with Gasteiger partial charge in [-0.1, -0.05) is 0 Å². The fourth-order valence-corrected chi connectivity index (χ4v) is 2.59. The Morgan fingerprint density at radius 3 is 3.14 bits per heavy atom. The van der Waals surface area contributed by atoms with Gasteiger partial charge in [-0.2, -0.15) is 0 Å². The number of nitrogens with one attached hydrogen (secondary N) is 2. The summed E-state index contributed by atoms with van der Waals surface area (Å²) >= 11 is 1.59. The smallest absolute Gasteiger partial charge is 0.321 e. The minimum absolute atomic E-state index is 0.167. The lowest BCUT2D eigenvalue weighted by molar-refractivity contribution is 0.252. The van der Waals surface area contributed by atoms with Gasteiger partial charge in [0, 0.05) is 11.4 Å². The lowest BCUT2D eigenvalue weighted by atomic mass is 10.4. The van der Waals surface area contributed by atoms with Gasteiger partial charge >= 0.3 is 6.03 Å². The van der Waals surface area contributed by atoms with Crippen LogP contribution in [-0.4, -0.2) is 17.6 Å². The second-order valence-electron chi connectivity index (χ2n) is 3.23. The SMILES string of the molecule is CCNC(=O)Nc1nc2c(s1)CCC2. The van der Waals surface area contributed by atoms with E-state index in [-0.39, 0.29) is 6.03 Å². The summed E-state index contributed by atoms with van der Waals surface area (Å²) in [5, 5.41) is 6.13. The fourth-order valence-electron chi connectivity index (χ4n) is 1.55. The Balaban J connectivity index is 2.00. The maximum atomic E-state index is 11.2. The van der Waals surface area contributed by atoms with E-state index in [2.05, 4.69) is 15.6 Å². The zero-order chi connectivity index (χ0) is 9.97. The van der Waals surface area contributed by atoms with E-state index in [9.17, 15) is 4.79 Å². The number of thiazole rings is 1. The first-order valence-electron chi connectivity index (χ1n) is 4.83. The number of amides is 2. The van der Waals surface area contributed by atoms with Gasteiger partial charge in [-0.25, -0.2) is 9.78 Å². The monoisotopic (exact) mass is 211 g/mol. The zero-order valence-electron chi connectivity index (χ0n) is 8.09. The van der Waals surface area contributed by atoms with Crippen molar-refractivity contribution in [2.24, 2.45) is 0 Å². The average Bonchev–Trinajstić information content (AvgIpc) is 2.63. The molecule has 76 valence electrons. The highest BCUT2D eigenvalue weighted by molar-refractivity contribution is 7.15. The second-order valence-corrected chi connectivity index (χ2v) is 4.31. The molecule has 2 rings (SSSR count). The number of carbonyl (C=O) groups excluding carboxylic acids is 1. The molecule has 0 unspecified atom stereocenters. The molecule has 1 heterocycles. The average molecular weight is 211 g/mol. The fraction of sp³-hybridized carbons (Fsp3) is 0.556. The number of carbonyl (C=O) groups is 1. The van der Waals surface area contributed by atoms with Crippen molar-refractivity contribution in [1.29, 1.82) is 0 Å². The second kappa shape index (κ2) is 3.96. The minimum Gasteiger partial charge on any atom is -0.338 e. The van der Waals surface area contributed by atoms with E-state index in [4.69, 9.17) is 0 Å². The molecule has 0 saturated carbocycles. The van der Waals surface area contributed by atoms with E-state index in [0.29, 0.717) is 6.54 Å². The van der Waals surface area contributed by atoms with Crippen molar-refractivity contribution in [3.8, 4) is 0 Å². The van der Waals surface area contributed by atoms with Crippen LogP contribution >= 0.6 is 11.3 Å². The molecule has 0 bridgehead atoms. The number of hydrogen-bond acceptors (Lipinski definition) is 3. The number of anilines is 1. The number of nitrogens with zero attached hydrogens (tertiary/aromatic N) is 1. The Morgan fingerprint density at radius 2 is 2.43 bits per heavy atom. The van der Waals surface area contributed by atoms with Crippen molar-refractivity contribution in [2.45, 2.75) is 26.2 Å².